The summed E-state index contributed by atoms with van der Waals surface area (Å²) in [6, 6.07) is 3.58. The van der Waals surface area contributed by atoms with E-state index in [1.807, 2.05) is 0 Å². The standard InChI is InChI=1S/C13H12Cl2N2O4S/c14-6-2-1-3-8(11(6)15)17-10(18)4-9(12(17)19)22-5-7(16)13(20)21/h1-3,7,9H,4-5,16H2,(H,20,21)/t7-,9+/m0/s1. The van der Waals surface area contributed by atoms with Crippen molar-refractivity contribution in [3.63, 3.8) is 0 Å². The summed E-state index contributed by atoms with van der Waals surface area (Å²) in [7, 11) is 0. The number of halogens is 2. The van der Waals surface area contributed by atoms with Crippen LogP contribution in [0.5, 0.6) is 0 Å². The summed E-state index contributed by atoms with van der Waals surface area (Å²) >= 11 is 13.0. The number of carboxylic acids is 1. The van der Waals surface area contributed by atoms with Gasteiger partial charge in [0.2, 0.25) is 11.8 Å². The summed E-state index contributed by atoms with van der Waals surface area (Å²) in [6.07, 6.45) is -0.0291. The topological polar surface area (TPSA) is 101 Å². The van der Waals surface area contributed by atoms with Crippen molar-refractivity contribution in [2.45, 2.75) is 17.7 Å². The van der Waals surface area contributed by atoms with Crippen molar-refractivity contribution < 1.29 is 19.5 Å². The van der Waals surface area contributed by atoms with Crippen LogP contribution in [0.1, 0.15) is 6.42 Å². The summed E-state index contributed by atoms with van der Waals surface area (Å²) in [4.78, 5) is 36.1. The Morgan fingerprint density at radius 1 is 1.45 bits per heavy atom. The van der Waals surface area contributed by atoms with E-state index in [0.717, 1.165) is 16.7 Å². The molecule has 1 aliphatic heterocycles. The molecular formula is C13H12Cl2N2O4S. The molecule has 0 radical (unpaired) electrons. The predicted octanol–water partition coefficient (Wildman–Crippen LogP) is 1.77. The van der Waals surface area contributed by atoms with Crippen molar-refractivity contribution in [1.29, 1.82) is 0 Å². The molecule has 0 aromatic heterocycles. The Bertz CT molecular complexity index is 640. The summed E-state index contributed by atoms with van der Waals surface area (Å²) in [5.41, 5.74) is 5.63. The third-order valence-electron chi connectivity index (χ3n) is 3.07. The van der Waals surface area contributed by atoms with Gasteiger partial charge in [0.05, 0.1) is 21.0 Å². The molecule has 0 bridgehead atoms. The second-order valence-electron chi connectivity index (χ2n) is 4.61. The van der Waals surface area contributed by atoms with Crippen LogP contribution in [0.25, 0.3) is 0 Å². The first-order chi connectivity index (χ1) is 10.3. The average molecular weight is 363 g/mol. The van der Waals surface area contributed by atoms with Crippen LogP contribution in [0.15, 0.2) is 18.2 Å². The summed E-state index contributed by atoms with van der Waals surface area (Å²) < 4.78 is 0. The molecule has 6 nitrogen and oxygen atoms in total. The molecule has 118 valence electrons. The average Bonchev–Trinajstić information content (AvgIpc) is 2.74. The van der Waals surface area contributed by atoms with Crippen molar-refractivity contribution in [1.82, 2.24) is 0 Å². The van der Waals surface area contributed by atoms with Crippen molar-refractivity contribution in [2.75, 3.05) is 10.7 Å². The number of carbonyl (C=O) groups is 3. The minimum absolute atomic E-state index is 0.0291. The van der Waals surface area contributed by atoms with Crippen LogP contribution in [-0.2, 0) is 14.4 Å². The smallest absolute Gasteiger partial charge is 0.321 e. The van der Waals surface area contributed by atoms with Crippen molar-refractivity contribution >= 4 is 58.4 Å². The third-order valence-corrected chi connectivity index (χ3v) is 5.20. The van der Waals surface area contributed by atoms with Crippen LogP contribution in [0.3, 0.4) is 0 Å². The van der Waals surface area contributed by atoms with Crippen LogP contribution in [0.4, 0.5) is 5.69 Å². The van der Waals surface area contributed by atoms with E-state index in [9.17, 15) is 14.4 Å². The number of imide groups is 1. The van der Waals surface area contributed by atoms with Gasteiger partial charge in [0.25, 0.3) is 0 Å². The molecule has 1 heterocycles. The largest absolute Gasteiger partial charge is 0.480 e. The lowest BCUT2D eigenvalue weighted by atomic mass is 10.3. The highest BCUT2D eigenvalue weighted by molar-refractivity contribution is 8.00. The Labute approximate surface area is 140 Å². The molecule has 0 saturated carbocycles. The van der Waals surface area contributed by atoms with E-state index < -0.39 is 29.1 Å². The van der Waals surface area contributed by atoms with E-state index in [0.29, 0.717) is 0 Å². The van der Waals surface area contributed by atoms with Gasteiger partial charge < -0.3 is 10.8 Å². The Kier molecular flexibility index (Phi) is 5.33. The van der Waals surface area contributed by atoms with Crippen LogP contribution in [-0.4, -0.2) is 39.9 Å². The number of nitrogens with two attached hydrogens (primary N) is 1. The Morgan fingerprint density at radius 2 is 2.14 bits per heavy atom. The van der Waals surface area contributed by atoms with Gasteiger partial charge in [-0.25, -0.2) is 4.90 Å². The van der Waals surface area contributed by atoms with Gasteiger partial charge in [-0.2, -0.15) is 0 Å². The molecule has 0 spiro atoms. The maximum atomic E-state index is 12.4. The van der Waals surface area contributed by atoms with Gasteiger partial charge in [-0.3, -0.25) is 14.4 Å². The number of rotatable bonds is 5. The molecule has 1 aliphatic rings. The first kappa shape index (κ1) is 17.1. The maximum absolute atomic E-state index is 12.4. The molecule has 22 heavy (non-hydrogen) atoms. The molecule has 1 aromatic carbocycles. The Hall–Kier alpha value is -1.28. The third kappa shape index (κ3) is 3.38. The zero-order chi connectivity index (χ0) is 16.4. The highest BCUT2D eigenvalue weighted by atomic mass is 35.5. The maximum Gasteiger partial charge on any atom is 0.321 e. The normalized spacial score (nSPS) is 19.6. The van der Waals surface area contributed by atoms with Crippen LogP contribution in [0, 0.1) is 0 Å². The van der Waals surface area contributed by atoms with Crippen LogP contribution < -0.4 is 10.6 Å². The second kappa shape index (κ2) is 6.87. The zero-order valence-corrected chi connectivity index (χ0v) is 13.5. The predicted molar refractivity (Wildman–Crippen MR) is 85.4 cm³/mol. The fraction of sp³-hybridized carbons (Fsp3) is 0.308. The summed E-state index contributed by atoms with van der Waals surface area (Å²) in [5, 5.41) is 8.43. The first-order valence-electron chi connectivity index (χ1n) is 6.23. The lowest BCUT2D eigenvalue weighted by molar-refractivity contribution is -0.138. The van der Waals surface area contributed by atoms with Gasteiger partial charge in [0.1, 0.15) is 6.04 Å². The molecule has 9 heteroatoms. The molecule has 2 amide bonds. The molecular weight excluding hydrogens is 351 g/mol. The fourth-order valence-electron chi connectivity index (χ4n) is 1.94. The Balaban J connectivity index is 2.15. The van der Waals surface area contributed by atoms with Crippen LogP contribution >= 0.6 is 35.0 Å². The number of carboxylic acid groups (broad SMARTS) is 1. The zero-order valence-electron chi connectivity index (χ0n) is 11.2. The molecule has 3 N–H and O–H groups in total. The number of amides is 2. The SMILES string of the molecule is N[C@@H](CS[C@@H]1CC(=O)N(c2cccc(Cl)c2Cl)C1=O)C(=O)O. The molecule has 2 atom stereocenters. The van der Waals surface area contributed by atoms with Crippen LogP contribution in [0.2, 0.25) is 10.0 Å². The number of nitrogens with zero attached hydrogens (tertiary/aromatic N) is 1. The minimum atomic E-state index is -1.15. The molecule has 0 unspecified atom stereocenters. The molecule has 2 rings (SSSR count). The van der Waals surface area contributed by atoms with Crippen molar-refractivity contribution in [2.24, 2.45) is 5.73 Å². The second-order valence-corrected chi connectivity index (χ2v) is 6.63. The van der Waals surface area contributed by atoms with E-state index in [-0.39, 0.29) is 27.9 Å². The fourth-order valence-corrected chi connectivity index (χ4v) is 3.41. The number of benzene rings is 1. The summed E-state index contributed by atoms with van der Waals surface area (Å²) in [5.74, 6) is -1.97. The molecule has 1 aromatic rings. The van der Waals surface area contributed by atoms with Gasteiger partial charge in [0, 0.05) is 12.2 Å². The number of carbonyl (C=O) groups excluding carboxylic acids is 2. The number of aliphatic carboxylic acids is 1. The number of hydrogen-bond donors (Lipinski definition) is 2. The quantitative estimate of drug-likeness (QED) is 0.774. The Morgan fingerprint density at radius 3 is 2.77 bits per heavy atom. The van der Waals surface area contributed by atoms with E-state index in [1.165, 1.54) is 6.07 Å². The monoisotopic (exact) mass is 362 g/mol. The minimum Gasteiger partial charge on any atom is -0.480 e. The first-order valence-corrected chi connectivity index (χ1v) is 8.04. The van der Waals surface area contributed by atoms with Gasteiger partial charge in [-0.15, -0.1) is 11.8 Å². The van der Waals surface area contributed by atoms with Crippen molar-refractivity contribution in [3.05, 3.63) is 28.2 Å². The van der Waals surface area contributed by atoms with Gasteiger partial charge in [0.15, 0.2) is 0 Å². The lowest BCUT2D eigenvalue weighted by Crippen LogP contribution is -2.35. The highest BCUT2D eigenvalue weighted by Gasteiger charge is 2.41. The van der Waals surface area contributed by atoms with E-state index >= 15 is 0 Å². The van der Waals surface area contributed by atoms with Gasteiger partial charge >= 0.3 is 5.97 Å². The molecule has 1 fully saturated rings. The van der Waals surface area contributed by atoms with Gasteiger partial charge in [-0.1, -0.05) is 29.3 Å². The van der Waals surface area contributed by atoms with E-state index in [4.69, 9.17) is 34.0 Å². The number of thioether (sulfide) groups is 1. The molecule has 1 saturated heterocycles. The number of hydrogen-bond acceptors (Lipinski definition) is 5. The van der Waals surface area contributed by atoms with Crippen molar-refractivity contribution in [3.8, 4) is 0 Å². The van der Waals surface area contributed by atoms with E-state index in [2.05, 4.69) is 0 Å². The van der Waals surface area contributed by atoms with E-state index in [1.54, 1.807) is 12.1 Å². The van der Waals surface area contributed by atoms with Gasteiger partial charge in [-0.05, 0) is 12.1 Å². The summed E-state index contributed by atoms with van der Waals surface area (Å²) in [6.45, 7) is 0. The highest BCUT2D eigenvalue weighted by Crippen LogP contribution is 2.37. The number of anilines is 1. The lowest BCUT2D eigenvalue weighted by Gasteiger charge is -2.17. The molecule has 0 aliphatic carbocycles.